The van der Waals surface area contributed by atoms with Crippen molar-refractivity contribution in [3.05, 3.63) is 16.7 Å². The Labute approximate surface area is 116 Å². The third kappa shape index (κ3) is 2.84. The lowest BCUT2D eigenvalue weighted by Crippen LogP contribution is -2.33. The number of hydrogen-bond donors (Lipinski definition) is 1. The van der Waals surface area contributed by atoms with Crippen LogP contribution in [0.1, 0.15) is 19.8 Å². The lowest BCUT2D eigenvalue weighted by Gasteiger charge is -2.20. The molecule has 0 aromatic carbocycles. The van der Waals surface area contributed by atoms with Crippen molar-refractivity contribution in [2.24, 2.45) is 5.92 Å². The molecule has 0 aliphatic heterocycles. The molecule has 0 unspecified atom stereocenters. The summed E-state index contributed by atoms with van der Waals surface area (Å²) in [4.78, 5) is 3.96. The van der Waals surface area contributed by atoms with Gasteiger partial charge in [-0.2, -0.15) is 4.31 Å². The molecule has 1 aromatic heterocycles. The molecule has 0 atom stereocenters. The minimum atomic E-state index is -3.54. The summed E-state index contributed by atoms with van der Waals surface area (Å²) in [5, 5.41) is 0. The summed E-state index contributed by atoms with van der Waals surface area (Å²) < 4.78 is 27.1. The summed E-state index contributed by atoms with van der Waals surface area (Å²) in [5.41, 5.74) is 5.68. The monoisotopic (exact) mass is 333 g/mol. The van der Waals surface area contributed by atoms with Crippen LogP contribution < -0.4 is 5.73 Å². The highest BCUT2D eigenvalue weighted by atomic mass is 79.9. The van der Waals surface area contributed by atoms with Crippen molar-refractivity contribution in [1.29, 1.82) is 0 Å². The van der Waals surface area contributed by atoms with E-state index in [0.717, 1.165) is 12.8 Å². The maximum absolute atomic E-state index is 12.5. The van der Waals surface area contributed by atoms with Gasteiger partial charge < -0.3 is 5.73 Å². The molecule has 18 heavy (non-hydrogen) atoms. The predicted octanol–water partition coefficient (Wildman–Crippen LogP) is 1.85. The number of aromatic nitrogens is 1. The summed E-state index contributed by atoms with van der Waals surface area (Å²) in [6.07, 6.45) is 3.71. The first-order valence-corrected chi connectivity index (χ1v) is 8.09. The van der Waals surface area contributed by atoms with Crippen molar-refractivity contribution < 1.29 is 8.42 Å². The van der Waals surface area contributed by atoms with Crippen molar-refractivity contribution in [2.45, 2.75) is 24.7 Å². The zero-order chi connectivity index (χ0) is 13.3. The van der Waals surface area contributed by atoms with Gasteiger partial charge in [0.1, 0.15) is 10.7 Å². The number of anilines is 1. The van der Waals surface area contributed by atoms with Gasteiger partial charge >= 0.3 is 0 Å². The van der Waals surface area contributed by atoms with Gasteiger partial charge in [0.2, 0.25) is 10.0 Å². The highest BCUT2D eigenvalue weighted by Crippen LogP contribution is 2.32. The molecule has 0 bridgehead atoms. The molecular formula is C11H16BrN3O2S. The Kier molecular flexibility index (Phi) is 3.93. The molecule has 2 rings (SSSR count). The third-order valence-electron chi connectivity index (χ3n) is 2.98. The zero-order valence-corrected chi connectivity index (χ0v) is 12.5. The maximum Gasteiger partial charge on any atom is 0.246 e. The minimum Gasteiger partial charge on any atom is -0.383 e. The average molecular weight is 334 g/mol. The lowest BCUT2D eigenvalue weighted by atomic mass is 10.4. The minimum absolute atomic E-state index is 0.0486. The van der Waals surface area contributed by atoms with Gasteiger partial charge in [-0.3, -0.25) is 0 Å². The number of hydrogen-bond acceptors (Lipinski definition) is 4. The molecule has 2 N–H and O–H groups in total. The van der Waals surface area contributed by atoms with Gasteiger partial charge in [0, 0.05) is 23.8 Å². The van der Waals surface area contributed by atoms with E-state index in [1.54, 1.807) is 0 Å². The third-order valence-corrected chi connectivity index (χ3v) is 5.38. The second-order valence-electron chi connectivity index (χ2n) is 4.44. The van der Waals surface area contributed by atoms with Crippen molar-refractivity contribution >= 4 is 31.8 Å². The Morgan fingerprint density at radius 2 is 2.22 bits per heavy atom. The van der Waals surface area contributed by atoms with Crippen LogP contribution in [0.15, 0.2) is 21.6 Å². The number of nitrogen functional groups attached to an aromatic ring is 1. The molecule has 0 amide bonds. The molecule has 1 saturated carbocycles. The molecule has 1 aromatic rings. The highest BCUT2D eigenvalue weighted by molar-refractivity contribution is 9.10. The smallest absolute Gasteiger partial charge is 0.246 e. The van der Waals surface area contributed by atoms with E-state index >= 15 is 0 Å². The summed E-state index contributed by atoms with van der Waals surface area (Å²) >= 11 is 3.22. The first-order chi connectivity index (χ1) is 8.45. The van der Waals surface area contributed by atoms with Crippen LogP contribution in [0.25, 0.3) is 0 Å². The number of rotatable bonds is 5. The maximum atomic E-state index is 12.5. The quantitative estimate of drug-likeness (QED) is 0.892. The number of sulfonamides is 1. The molecule has 0 spiro atoms. The van der Waals surface area contributed by atoms with Crippen LogP contribution >= 0.6 is 15.9 Å². The van der Waals surface area contributed by atoms with E-state index in [0.29, 0.717) is 23.5 Å². The predicted molar refractivity (Wildman–Crippen MR) is 73.5 cm³/mol. The number of nitrogens with zero attached hydrogens (tertiary/aromatic N) is 2. The number of halogens is 1. The van der Waals surface area contributed by atoms with Gasteiger partial charge in [0.15, 0.2) is 0 Å². The molecule has 0 saturated heterocycles. The van der Waals surface area contributed by atoms with E-state index in [-0.39, 0.29) is 10.7 Å². The fourth-order valence-electron chi connectivity index (χ4n) is 1.76. The standard InChI is InChI=1S/C11H16BrN3O2S/c1-2-15(7-8-3-4-8)18(16,17)10-5-9(12)6-14-11(10)13/h5-6,8H,2-4,7H2,1H3,(H2,13,14). The molecule has 100 valence electrons. The van der Waals surface area contributed by atoms with Crippen LogP contribution in [-0.2, 0) is 10.0 Å². The Hall–Kier alpha value is -0.660. The Balaban J connectivity index is 2.35. The van der Waals surface area contributed by atoms with Crippen molar-refractivity contribution in [3.63, 3.8) is 0 Å². The summed E-state index contributed by atoms with van der Waals surface area (Å²) in [7, 11) is -3.54. The lowest BCUT2D eigenvalue weighted by molar-refractivity contribution is 0.412. The average Bonchev–Trinajstić information content (AvgIpc) is 3.12. The van der Waals surface area contributed by atoms with Crippen LogP contribution in [0.2, 0.25) is 0 Å². The van der Waals surface area contributed by atoms with Crippen LogP contribution in [0, 0.1) is 5.92 Å². The Bertz CT molecular complexity index is 543. The summed E-state index contributed by atoms with van der Waals surface area (Å²) in [5.74, 6) is 0.550. The van der Waals surface area contributed by atoms with E-state index in [1.807, 2.05) is 6.92 Å². The SMILES string of the molecule is CCN(CC1CC1)S(=O)(=O)c1cc(Br)cnc1N. The fourth-order valence-corrected chi connectivity index (χ4v) is 3.86. The normalized spacial score (nSPS) is 16.2. The van der Waals surface area contributed by atoms with Crippen LogP contribution in [-0.4, -0.2) is 30.8 Å². The Morgan fingerprint density at radius 1 is 1.56 bits per heavy atom. The number of nitrogens with two attached hydrogens (primary N) is 1. The van der Waals surface area contributed by atoms with Gasteiger partial charge in [0.25, 0.3) is 0 Å². The van der Waals surface area contributed by atoms with Gasteiger partial charge in [-0.15, -0.1) is 0 Å². The molecule has 7 heteroatoms. The van der Waals surface area contributed by atoms with Crippen molar-refractivity contribution in [2.75, 3.05) is 18.8 Å². The van der Waals surface area contributed by atoms with Crippen LogP contribution in [0.5, 0.6) is 0 Å². The van der Waals surface area contributed by atoms with Gasteiger partial charge in [-0.25, -0.2) is 13.4 Å². The first kappa shape index (κ1) is 13.8. The van der Waals surface area contributed by atoms with Crippen LogP contribution in [0.3, 0.4) is 0 Å². The van der Waals surface area contributed by atoms with Crippen molar-refractivity contribution in [3.8, 4) is 0 Å². The van der Waals surface area contributed by atoms with E-state index in [9.17, 15) is 8.42 Å². The molecule has 1 aliphatic rings. The van der Waals surface area contributed by atoms with E-state index in [2.05, 4.69) is 20.9 Å². The van der Waals surface area contributed by atoms with Gasteiger partial charge in [-0.1, -0.05) is 6.92 Å². The molecule has 1 aliphatic carbocycles. The summed E-state index contributed by atoms with van der Waals surface area (Å²) in [6.45, 7) is 2.86. The van der Waals surface area contributed by atoms with Gasteiger partial charge in [0.05, 0.1) is 0 Å². The number of pyridine rings is 1. The fraction of sp³-hybridized carbons (Fsp3) is 0.545. The largest absolute Gasteiger partial charge is 0.383 e. The van der Waals surface area contributed by atoms with Crippen LogP contribution in [0.4, 0.5) is 5.82 Å². The van der Waals surface area contributed by atoms with E-state index < -0.39 is 10.0 Å². The van der Waals surface area contributed by atoms with Gasteiger partial charge in [-0.05, 0) is 40.8 Å². The second-order valence-corrected chi connectivity index (χ2v) is 7.26. The molecule has 5 nitrogen and oxygen atoms in total. The zero-order valence-electron chi connectivity index (χ0n) is 10.1. The molecule has 1 fully saturated rings. The topological polar surface area (TPSA) is 76.3 Å². The van der Waals surface area contributed by atoms with E-state index in [4.69, 9.17) is 5.73 Å². The molecule has 0 radical (unpaired) electrons. The van der Waals surface area contributed by atoms with Crippen molar-refractivity contribution in [1.82, 2.24) is 9.29 Å². The Morgan fingerprint density at radius 3 is 2.78 bits per heavy atom. The second kappa shape index (κ2) is 5.14. The molecule has 1 heterocycles. The summed E-state index contributed by atoms with van der Waals surface area (Å²) in [6, 6.07) is 1.51. The van der Waals surface area contributed by atoms with E-state index in [1.165, 1.54) is 16.6 Å². The first-order valence-electron chi connectivity index (χ1n) is 5.86. The highest BCUT2D eigenvalue weighted by Gasteiger charge is 2.32. The molecular weight excluding hydrogens is 318 g/mol.